The first-order valence-corrected chi connectivity index (χ1v) is 7.76. The van der Waals surface area contributed by atoms with E-state index in [0.29, 0.717) is 37.3 Å². The summed E-state index contributed by atoms with van der Waals surface area (Å²) in [6.45, 7) is 1.23. The van der Waals surface area contributed by atoms with Gasteiger partial charge in [0, 0.05) is 18.5 Å². The predicted octanol–water partition coefficient (Wildman–Crippen LogP) is 2.23. The van der Waals surface area contributed by atoms with Crippen LogP contribution in [0.25, 0.3) is 0 Å². The first-order valence-electron chi connectivity index (χ1n) is 7.76. The molecule has 0 saturated carbocycles. The third kappa shape index (κ3) is 4.06. The van der Waals surface area contributed by atoms with Crippen molar-refractivity contribution in [2.24, 2.45) is 0 Å². The lowest BCUT2D eigenvalue weighted by Crippen LogP contribution is -2.28. The highest BCUT2D eigenvalue weighted by atomic mass is 19.1. The van der Waals surface area contributed by atoms with Gasteiger partial charge < -0.3 is 10.1 Å². The zero-order valence-electron chi connectivity index (χ0n) is 12.7. The number of rotatable bonds is 5. The monoisotopic (exact) mass is 318 g/mol. The molecular formula is C16H19FN4O2. The van der Waals surface area contributed by atoms with E-state index in [9.17, 15) is 9.18 Å². The maximum atomic E-state index is 13.5. The summed E-state index contributed by atoms with van der Waals surface area (Å²) >= 11 is 0. The molecule has 1 aliphatic rings. The predicted molar refractivity (Wildman–Crippen MR) is 81.3 cm³/mol. The largest absolute Gasteiger partial charge is 0.493 e. The number of nitrogens with zero attached hydrogens (tertiary/aromatic N) is 3. The molecule has 6 nitrogen and oxygen atoms in total. The van der Waals surface area contributed by atoms with Gasteiger partial charge >= 0.3 is 0 Å². The molecule has 0 aliphatic carbocycles. The SMILES string of the molecule is O=C(CCCn1cncn1)N[C@@H]1CCCOc2ccc(F)cc21. The number of amides is 1. The Balaban J connectivity index is 1.58. The summed E-state index contributed by atoms with van der Waals surface area (Å²) in [6.07, 6.45) is 5.72. The second-order valence-electron chi connectivity index (χ2n) is 5.56. The van der Waals surface area contributed by atoms with E-state index in [0.717, 1.165) is 12.8 Å². The van der Waals surface area contributed by atoms with Crippen LogP contribution in [0.2, 0.25) is 0 Å². The van der Waals surface area contributed by atoms with Crippen LogP contribution in [-0.2, 0) is 11.3 Å². The minimum Gasteiger partial charge on any atom is -0.493 e. The molecular weight excluding hydrogens is 299 g/mol. The number of nitrogens with one attached hydrogen (secondary N) is 1. The number of carbonyl (C=O) groups excluding carboxylic acids is 1. The Labute approximate surface area is 133 Å². The van der Waals surface area contributed by atoms with Crippen molar-refractivity contribution in [3.63, 3.8) is 0 Å². The van der Waals surface area contributed by atoms with Gasteiger partial charge in [0.1, 0.15) is 24.2 Å². The molecule has 0 unspecified atom stereocenters. The maximum absolute atomic E-state index is 13.5. The van der Waals surface area contributed by atoms with E-state index < -0.39 is 0 Å². The molecule has 122 valence electrons. The van der Waals surface area contributed by atoms with Crippen molar-refractivity contribution < 1.29 is 13.9 Å². The van der Waals surface area contributed by atoms with Gasteiger partial charge in [-0.2, -0.15) is 5.10 Å². The average Bonchev–Trinajstić information content (AvgIpc) is 2.97. The van der Waals surface area contributed by atoms with Gasteiger partial charge in [0.2, 0.25) is 5.91 Å². The summed E-state index contributed by atoms with van der Waals surface area (Å²) in [5.41, 5.74) is 0.715. The fourth-order valence-corrected chi connectivity index (χ4v) is 2.71. The Morgan fingerprint density at radius 2 is 2.39 bits per heavy atom. The molecule has 1 amide bonds. The molecule has 1 atom stereocenters. The second kappa shape index (κ2) is 7.21. The van der Waals surface area contributed by atoms with Crippen LogP contribution in [-0.4, -0.2) is 27.3 Å². The van der Waals surface area contributed by atoms with Crippen LogP contribution < -0.4 is 10.1 Å². The molecule has 1 aromatic carbocycles. The highest BCUT2D eigenvalue weighted by molar-refractivity contribution is 5.76. The van der Waals surface area contributed by atoms with Crippen molar-refractivity contribution in [3.05, 3.63) is 42.2 Å². The molecule has 0 fully saturated rings. The van der Waals surface area contributed by atoms with Gasteiger partial charge in [-0.1, -0.05) is 0 Å². The number of halogens is 1. The fourth-order valence-electron chi connectivity index (χ4n) is 2.71. The van der Waals surface area contributed by atoms with Crippen LogP contribution in [0.5, 0.6) is 5.75 Å². The van der Waals surface area contributed by atoms with Crippen molar-refractivity contribution in [2.45, 2.75) is 38.3 Å². The van der Waals surface area contributed by atoms with Gasteiger partial charge in [-0.15, -0.1) is 0 Å². The number of hydrogen-bond donors (Lipinski definition) is 1. The molecule has 7 heteroatoms. The zero-order valence-corrected chi connectivity index (χ0v) is 12.7. The van der Waals surface area contributed by atoms with Crippen LogP contribution in [0, 0.1) is 5.82 Å². The summed E-state index contributed by atoms with van der Waals surface area (Å²) in [6, 6.07) is 4.24. The molecule has 0 radical (unpaired) electrons. The highest BCUT2D eigenvalue weighted by Gasteiger charge is 2.22. The van der Waals surface area contributed by atoms with Crippen LogP contribution in [0.1, 0.15) is 37.3 Å². The molecule has 2 aromatic rings. The summed E-state index contributed by atoms with van der Waals surface area (Å²) in [5, 5.41) is 6.99. The second-order valence-corrected chi connectivity index (χ2v) is 5.56. The molecule has 0 saturated heterocycles. The first kappa shape index (κ1) is 15.5. The maximum Gasteiger partial charge on any atom is 0.220 e. The van der Waals surface area contributed by atoms with Gasteiger partial charge in [0.05, 0.1) is 12.6 Å². The zero-order chi connectivity index (χ0) is 16.1. The first-order chi connectivity index (χ1) is 11.2. The van der Waals surface area contributed by atoms with E-state index in [2.05, 4.69) is 15.4 Å². The molecule has 2 heterocycles. The number of carbonyl (C=O) groups is 1. The summed E-state index contributed by atoms with van der Waals surface area (Å²) < 4.78 is 20.8. The summed E-state index contributed by atoms with van der Waals surface area (Å²) in [7, 11) is 0. The third-order valence-corrected chi connectivity index (χ3v) is 3.83. The van der Waals surface area contributed by atoms with Crippen LogP contribution in [0.4, 0.5) is 4.39 Å². The Kier molecular flexibility index (Phi) is 4.85. The van der Waals surface area contributed by atoms with Gasteiger partial charge in [0.25, 0.3) is 0 Å². The van der Waals surface area contributed by atoms with Gasteiger partial charge in [-0.3, -0.25) is 9.48 Å². The van der Waals surface area contributed by atoms with Crippen molar-refractivity contribution >= 4 is 5.91 Å². The number of hydrogen-bond acceptors (Lipinski definition) is 4. The van der Waals surface area contributed by atoms with E-state index in [1.54, 1.807) is 17.1 Å². The van der Waals surface area contributed by atoms with E-state index in [4.69, 9.17) is 4.74 Å². The Morgan fingerprint density at radius 1 is 1.48 bits per heavy atom. The van der Waals surface area contributed by atoms with Crippen molar-refractivity contribution in [1.82, 2.24) is 20.1 Å². The van der Waals surface area contributed by atoms with Crippen molar-refractivity contribution in [1.29, 1.82) is 0 Å². The molecule has 1 aromatic heterocycles. The highest BCUT2D eigenvalue weighted by Crippen LogP contribution is 2.32. The third-order valence-electron chi connectivity index (χ3n) is 3.83. The van der Waals surface area contributed by atoms with Crippen LogP contribution in [0.15, 0.2) is 30.9 Å². The van der Waals surface area contributed by atoms with E-state index >= 15 is 0 Å². The number of ether oxygens (including phenoxy) is 1. The number of aromatic nitrogens is 3. The lowest BCUT2D eigenvalue weighted by Gasteiger charge is -2.18. The molecule has 0 spiro atoms. The number of fused-ring (bicyclic) bond motifs is 1. The number of aryl methyl sites for hydroxylation is 1. The normalized spacial score (nSPS) is 17.0. The molecule has 3 rings (SSSR count). The minimum atomic E-state index is -0.320. The smallest absolute Gasteiger partial charge is 0.220 e. The lowest BCUT2D eigenvalue weighted by atomic mass is 10.0. The lowest BCUT2D eigenvalue weighted by molar-refractivity contribution is -0.122. The van der Waals surface area contributed by atoms with Crippen LogP contribution >= 0.6 is 0 Å². The van der Waals surface area contributed by atoms with E-state index in [1.165, 1.54) is 18.5 Å². The Morgan fingerprint density at radius 3 is 3.22 bits per heavy atom. The summed E-state index contributed by atoms with van der Waals surface area (Å²) in [5.74, 6) is 0.281. The molecule has 23 heavy (non-hydrogen) atoms. The van der Waals surface area contributed by atoms with Gasteiger partial charge in [-0.25, -0.2) is 9.37 Å². The molecule has 0 bridgehead atoms. The fraction of sp³-hybridized carbons (Fsp3) is 0.438. The Hall–Kier alpha value is -2.44. The van der Waals surface area contributed by atoms with Crippen molar-refractivity contribution in [2.75, 3.05) is 6.61 Å². The van der Waals surface area contributed by atoms with Gasteiger partial charge in [0.15, 0.2) is 0 Å². The van der Waals surface area contributed by atoms with E-state index in [1.807, 2.05) is 0 Å². The van der Waals surface area contributed by atoms with Crippen molar-refractivity contribution in [3.8, 4) is 5.75 Å². The molecule has 1 N–H and O–H groups in total. The average molecular weight is 318 g/mol. The summed E-state index contributed by atoms with van der Waals surface area (Å²) in [4.78, 5) is 16.0. The topological polar surface area (TPSA) is 69.0 Å². The number of benzene rings is 1. The van der Waals surface area contributed by atoms with Crippen LogP contribution in [0.3, 0.4) is 0 Å². The van der Waals surface area contributed by atoms with Gasteiger partial charge in [-0.05, 0) is 37.5 Å². The standard InChI is InChI=1S/C16H19FN4O2/c17-12-5-6-15-13(9-12)14(3-2-8-23-15)20-16(22)4-1-7-21-11-18-10-19-21/h5-6,9-11,14H,1-4,7-8H2,(H,20,22)/t14-/m1/s1. The Bertz CT molecular complexity index is 660. The van der Waals surface area contributed by atoms with E-state index in [-0.39, 0.29) is 17.8 Å². The molecule has 1 aliphatic heterocycles. The minimum absolute atomic E-state index is 0.0489. The quantitative estimate of drug-likeness (QED) is 0.918.